The van der Waals surface area contributed by atoms with Gasteiger partial charge in [-0.05, 0) is 72.3 Å². The van der Waals surface area contributed by atoms with Gasteiger partial charge in [0, 0.05) is 27.2 Å². The molecule has 58 heavy (non-hydrogen) atoms. The third-order valence-electron chi connectivity index (χ3n) is 11.6. The van der Waals surface area contributed by atoms with Gasteiger partial charge >= 0.3 is 13.3 Å². The summed E-state index contributed by atoms with van der Waals surface area (Å²) in [5, 5.41) is 32.0. The molecule has 3 heterocycles. The summed E-state index contributed by atoms with van der Waals surface area (Å²) in [5.41, 5.74) is 0.532. The van der Waals surface area contributed by atoms with E-state index < -0.39 is 88.3 Å². The van der Waals surface area contributed by atoms with Gasteiger partial charge in [-0.2, -0.15) is 18.2 Å². The molecule has 4 amide bonds. The fraction of sp³-hybridized carbons (Fsp3) is 0.256. The number of fused-ring (bicyclic) bond motifs is 4. The molecule has 6 atom stereocenters. The summed E-state index contributed by atoms with van der Waals surface area (Å²) in [4.78, 5) is 63.8. The zero-order chi connectivity index (χ0) is 41.6. The molecule has 2 aliphatic carbocycles. The lowest BCUT2D eigenvalue weighted by atomic mass is 9.49. The maximum Gasteiger partial charge on any atom is 0.488 e. The molecule has 0 unspecified atom stereocenters. The van der Waals surface area contributed by atoms with Crippen LogP contribution in [0.5, 0.6) is 11.5 Å². The van der Waals surface area contributed by atoms with Crippen LogP contribution >= 0.6 is 39.1 Å². The molecule has 0 radical (unpaired) electrons. The Morgan fingerprint density at radius 2 is 1.71 bits per heavy atom. The van der Waals surface area contributed by atoms with Gasteiger partial charge in [0.05, 0.1) is 46.6 Å². The standard InChI is InChI=1S/C39H29BBrCl2F3N4O8/c1-58-29-14-20(41)13-26(32(29)51)31-23-9-10-24-30(36(54)49(34(24)52)22-4-2-3-19(12-22)40(56)57)25(23)15-27-35(53)50(37(55)38(27,31)17-5-7-21(42)8-6-17)48-33-28(43)11-18(16-47-33)39(44,45)46/h2-9,11-14,16,24-25,27,30-31,51,56-57H,10,15H2,1H3,(H,47,48)/t24-,25+,27-,30-,31+,38+/m0/s1. The molecule has 4 aromatic rings. The second-order valence-electron chi connectivity index (χ2n) is 14.4. The number of carbonyl (C=O) groups is 4. The topological polar surface area (TPSA) is 170 Å². The summed E-state index contributed by atoms with van der Waals surface area (Å²) in [6.07, 6.45) is -2.68. The van der Waals surface area contributed by atoms with Crippen molar-refractivity contribution in [2.75, 3.05) is 17.4 Å². The molecule has 12 nitrogen and oxygen atoms in total. The van der Waals surface area contributed by atoms with Crippen molar-refractivity contribution in [1.82, 2.24) is 9.99 Å². The largest absolute Gasteiger partial charge is 0.504 e. The Hall–Kier alpha value is -4.94. The number of hydrogen-bond donors (Lipinski definition) is 4. The van der Waals surface area contributed by atoms with Gasteiger partial charge in [0.25, 0.3) is 11.8 Å². The van der Waals surface area contributed by atoms with E-state index in [1.165, 1.54) is 49.6 Å². The highest BCUT2D eigenvalue weighted by Gasteiger charge is 2.71. The summed E-state index contributed by atoms with van der Waals surface area (Å²) in [6.45, 7) is 0. The molecular formula is C39H29BBrCl2F3N4O8. The summed E-state index contributed by atoms with van der Waals surface area (Å²) in [7, 11) is -0.552. The first kappa shape index (κ1) is 39.9. The number of benzene rings is 3. The summed E-state index contributed by atoms with van der Waals surface area (Å²) in [6, 6.07) is 15.5. The van der Waals surface area contributed by atoms with Crippen LogP contribution in [-0.4, -0.2) is 63.0 Å². The quantitative estimate of drug-likeness (QED) is 0.102. The van der Waals surface area contributed by atoms with Crippen molar-refractivity contribution in [1.29, 1.82) is 0 Å². The predicted molar refractivity (Wildman–Crippen MR) is 208 cm³/mol. The number of pyridine rings is 1. The van der Waals surface area contributed by atoms with Gasteiger partial charge in [-0.25, -0.2) is 4.98 Å². The van der Waals surface area contributed by atoms with E-state index in [1.54, 1.807) is 24.3 Å². The number of phenolic OH excluding ortho intramolecular Hbond substituents is 1. The number of anilines is 2. The highest BCUT2D eigenvalue weighted by atomic mass is 79.9. The van der Waals surface area contributed by atoms with Crippen LogP contribution in [0.2, 0.25) is 10.0 Å². The number of imide groups is 2. The van der Waals surface area contributed by atoms with Crippen molar-refractivity contribution in [3.05, 3.63) is 116 Å². The van der Waals surface area contributed by atoms with Crippen molar-refractivity contribution < 1.29 is 52.2 Å². The van der Waals surface area contributed by atoms with Gasteiger partial charge in [-0.1, -0.05) is 75.0 Å². The maximum atomic E-state index is 15.4. The van der Waals surface area contributed by atoms with Crippen molar-refractivity contribution in [2.24, 2.45) is 23.7 Å². The van der Waals surface area contributed by atoms with Gasteiger partial charge in [0.15, 0.2) is 17.3 Å². The number of phenols is 1. The number of amides is 4. The van der Waals surface area contributed by atoms with Gasteiger partial charge < -0.3 is 19.9 Å². The van der Waals surface area contributed by atoms with Gasteiger partial charge in [-0.3, -0.25) is 29.5 Å². The Bertz CT molecular complexity index is 2460. The lowest BCUT2D eigenvalue weighted by Crippen LogP contribution is -2.53. The number of alkyl halides is 3. The Morgan fingerprint density at radius 1 is 0.983 bits per heavy atom. The van der Waals surface area contributed by atoms with E-state index in [-0.39, 0.29) is 46.6 Å². The van der Waals surface area contributed by atoms with Crippen LogP contribution in [0.15, 0.2) is 89.0 Å². The van der Waals surface area contributed by atoms with Crippen LogP contribution in [0.25, 0.3) is 0 Å². The molecule has 0 bridgehead atoms. The highest BCUT2D eigenvalue weighted by molar-refractivity contribution is 9.10. The Labute approximate surface area is 346 Å². The number of halogens is 6. The lowest BCUT2D eigenvalue weighted by molar-refractivity contribution is -0.139. The number of allylic oxidation sites excluding steroid dienone is 2. The molecule has 4 N–H and O–H groups in total. The molecule has 3 fully saturated rings. The number of ether oxygens (including phenoxy) is 1. The molecular weight excluding hydrogens is 871 g/mol. The smallest absolute Gasteiger partial charge is 0.488 e. The van der Waals surface area contributed by atoms with E-state index in [2.05, 4.69) is 26.3 Å². The molecule has 1 aromatic heterocycles. The molecule has 3 aromatic carbocycles. The average molecular weight is 900 g/mol. The van der Waals surface area contributed by atoms with E-state index in [9.17, 15) is 42.7 Å². The minimum atomic E-state index is -4.79. The van der Waals surface area contributed by atoms with Crippen molar-refractivity contribution >= 4 is 86.8 Å². The van der Waals surface area contributed by atoms with Crippen LogP contribution in [-0.2, 0) is 30.8 Å². The number of aromatic nitrogens is 1. The lowest BCUT2D eigenvalue weighted by Gasteiger charge is -2.50. The van der Waals surface area contributed by atoms with Crippen molar-refractivity contribution in [2.45, 2.75) is 30.4 Å². The highest BCUT2D eigenvalue weighted by Crippen LogP contribution is 2.65. The molecule has 0 spiro atoms. The monoisotopic (exact) mass is 898 g/mol. The van der Waals surface area contributed by atoms with Gasteiger partial charge in [-0.15, -0.1) is 0 Å². The number of methoxy groups -OCH3 is 1. The third-order valence-corrected chi connectivity index (χ3v) is 12.6. The number of nitrogens with one attached hydrogen (secondary N) is 1. The zero-order valence-electron chi connectivity index (χ0n) is 29.9. The summed E-state index contributed by atoms with van der Waals surface area (Å²) < 4.78 is 46.5. The molecule has 4 aliphatic rings. The second kappa shape index (κ2) is 14.4. The molecule has 1 saturated carbocycles. The number of rotatable bonds is 7. The minimum absolute atomic E-state index is 0.0142. The van der Waals surface area contributed by atoms with E-state index in [0.29, 0.717) is 32.3 Å². The van der Waals surface area contributed by atoms with Crippen LogP contribution in [0.4, 0.5) is 24.7 Å². The van der Waals surface area contributed by atoms with Gasteiger partial charge in [0.1, 0.15) is 0 Å². The van der Waals surface area contributed by atoms with E-state index >= 15 is 4.79 Å². The first-order valence-electron chi connectivity index (χ1n) is 17.7. The van der Waals surface area contributed by atoms with E-state index in [1.807, 2.05) is 0 Å². The predicted octanol–water partition coefficient (Wildman–Crippen LogP) is 5.75. The fourth-order valence-electron chi connectivity index (χ4n) is 9.18. The normalized spacial score (nSPS) is 25.3. The van der Waals surface area contributed by atoms with Crippen LogP contribution in [0, 0.1) is 23.7 Å². The summed E-state index contributed by atoms with van der Waals surface area (Å²) >= 11 is 16.1. The Morgan fingerprint density at radius 3 is 2.36 bits per heavy atom. The average Bonchev–Trinajstić information content (AvgIpc) is 3.56. The zero-order valence-corrected chi connectivity index (χ0v) is 33.0. The number of hydrogen-bond acceptors (Lipinski definition) is 10. The molecule has 8 rings (SSSR count). The molecule has 2 saturated heterocycles. The number of nitrogens with zero attached hydrogens (tertiary/aromatic N) is 3. The van der Waals surface area contributed by atoms with Gasteiger partial charge in [0.2, 0.25) is 11.8 Å². The van der Waals surface area contributed by atoms with Crippen LogP contribution in [0.1, 0.15) is 35.4 Å². The fourth-order valence-corrected chi connectivity index (χ4v) is 9.97. The maximum absolute atomic E-state index is 15.4. The first-order chi connectivity index (χ1) is 27.5. The Kier molecular flexibility index (Phi) is 9.91. The second-order valence-corrected chi connectivity index (χ2v) is 16.2. The number of carbonyl (C=O) groups excluding carboxylic acids is 4. The first-order valence-corrected chi connectivity index (χ1v) is 19.3. The molecule has 2 aliphatic heterocycles. The van der Waals surface area contributed by atoms with Crippen LogP contribution in [0.3, 0.4) is 0 Å². The number of hydrazine groups is 1. The van der Waals surface area contributed by atoms with Crippen molar-refractivity contribution in [3.8, 4) is 11.5 Å². The molecule has 19 heteroatoms. The van der Waals surface area contributed by atoms with Crippen molar-refractivity contribution in [3.63, 3.8) is 0 Å². The Balaban J connectivity index is 1.33. The SMILES string of the molecule is COc1cc(Br)cc([C@H]2C3=CC[C@@H]4C(=O)N(c5cccc(B(O)O)c5)C(=O)[C@@H]4[C@@H]3C[C@H]3C(=O)N(Nc4ncc(C(F)(F)F)cc4Cl)C(=O)[C@@]23c2ccc(Cl)cc2)c1O. The van der Waals surface area contributed by atoms with E-state index in [0.717, 1.165) is 4.90 Å². The van der Waals surface area contributed by atoms with E-state index in [4.69, 9.17) is 27.9 Å². The van der Waals surface area contributed by atoms with Crippen LogP contribution < -0.4 is 20.5 Å². The summed E-state index contributed by atoms with van der Waals surface area (Å²) in [5.74, 6) is -9.07. The third kappa shape index (κ3) is 6.08. The minimum Gasteiger partial charge on any atom is -0.504 e. The molecule has 298 valence electrons. The number of aromatic hydroxyl groups is 1.